The summed E-state index contributed by atoms with van der Waals surface area (Å²) in [5, 5.41) is 3.66. The second-order valence-corrected chi connectivity index (χ2v) is 7.53. The molecule has 28 heavy (non-hydrogen) atoms. The Labute approximate surface area is 170 Å². The molecule has 0 spiro atoms. The standard InChI is InChI=1S/C21H24ClN3O3/c1-28-21(27)17-4-8-19(9-5-17)23-20(26)15-25-12-10-24(11-13-25)14-16-2-6-18(22)7-3-16/h2-9H,10-15H2,1H3,(H,23,26)/p+2. The van der Waals surface area contributed by atoms with Crippen LogP contribution in [0.25, 0.3) is 0 Å². The Morgan fingerprint density at radius 1 is 0.964 bits per heavy atom. The number of hydrogen-bond donors (Lipinski definition) is 3. The summed E-state index contributed by atoms with van der Waals surface area (Å²) in [4.78, 5) is 26.6. The first kappa shape index (κ1) is 20.3. The Kier molecular flexibility index (Phi) is 7.03. The number of carbonyl (C=O) groups is 2. The molecular formula is C21H26ClN3O3+2. The lowest BCUT2D eigenvalue weighted by Crippen LogP contribution is -3.28. The highest BCUT2D eigenvalue weighted by atomic mass is 35.5. The minimum absolute atomic E-state index is 0.0121. The highest BCUT2D eigenvalue weighted by molar-refractivity contribution is 6.30. The number of anilines is 1. The van der Waals surface area contributed by atoms with Crippen LogP contribution in [-0.2, 0) is 16.1 Å². The first-order valence-corrected chi connectivity index (χ1v) is 9.81. The molecule has 0 unspecified atom stereocenters. The van der Waals surface area contributed by atoms with Crippen molar-refractivity contribution in [2.24, 2.45) is 0 Å². The molecule has 0 aliphatic carbocycles. The molecule has 1 fully saturated rings. The lowest BCUT2D eigenvalue weighted by molar-refractivity contribution is -1.02. The molecule has 1 amide bonds. The SMILES string of the molecule is COC(=O)c1ccc(NC(=O)C[NH+]2CC[NH+](Cc3ccc(Cl)cc3)CC2)cc1. The normalized spacial score (nSPS) is 19.1. The highest BCUT2D eigenvalue weighted by Crippen LogP contribution is 2.10. The van der Waals surface area contributed by atoms with Gasteiger partial charge in [-0.25, -0.2) is 4.79 Å². The van der Waals surface area contributed by atoms with Crippen LogP contribution >= 0.6 is 11.6 Å². The lowest BCUT2D eigenvalue weighted by Gasteiger charge is -2.29. The van der Waals surface area contributed by atoms with Crippen molar-refractivity contribution in [2.45, 2.75) is 6.54 Å². The van der Waals surface area contributed by atoms with Crippen LogP contribution in [0.4, 0.5) is 5.69 Å². The Hall–Kier alpha value is -2.41. The molecule has 7 heteroatoms. The molecule has 148 valence electrons. The highest BCUT2D eigenvalue weighted by Gasteiger charge is 2.24. The molecule has 1 heterocycles. The van der Waals surface area contributed by atoms with Gasteiger partial charge in [-0.15, -0.1) is 0 Å². The smallest absolute Gasteiger partial charge is 0.337 e. The predicted molar refractivity (Wildman–Crippen MR) is 108 cm³/mol. The van der Waals surface area contributed by atoms with E-state index in [0.29, 0.717) is 17.8 Å². The number of amides is 1. The largest absolute Gasteiger partial charge is 0.465 e. The maximum absolute atomic E-state index is 12.3. The van der Waals surface area contributed by atoms with E-state index in [4.69, 9.17) is 11.6 Å². The van der Waals surface area contributed by atoms with Crippen LogP contribution in [-0.4, -0.2) is 51.7 Å². The van der Waals surface area contributed by atoms with Crippen LogP contribution in [0, 0.1) is 0 Å². The van der Waals surface area contributed by atoms with E-state index < -0.39 is 0 Å². The van der Waals surface area contributed by atoms with Gasteiger partial charge in [0, 0.05) is 16.3 Å². The number of rotatable bonds is 6. The Balaban J connectivity index is 1.42. The molecule has 0 atom stereocenters. The molecule has 2 aromatic rings. The number of quaternary nitrogens is 2. The van der Waals surface area contributed by atoms with E-state index in [1.807, 2.05) is 12.1 Å². The third kappa shape index (κ3) is 5.79. The van der Waals surface area contributed by atoms with Crippen LogP contribution in [0.2, 0.25) is 5.02 Å². The number of ether oxygens (including phenoxy) is 1. The van der Waals surface area contributed by atoms with Crippen molar-refractivity contribution in [3.05, 3.63) is 64.7 Å². The maximum atomic E-state index is 12.3. The molecule has 0 radical (unpaired) electrons. The number of methoxy groups -OCH3 is 1. The number of hydrogen-bond acceptors (Lipinski definition) is 3. The lowest BCUT2D eigenvalue weighted by atomic mass is 10.2. The van der Waals surface area contributed by atoms with Gasteiger partial charge in [0.05, 0.1) is 12.7 Å². The number of halogens is 1. The molecule has 1 aliphatic rings. The summed E-state index contributed by atoms with van der Waals surface area (Å²) in [5.74, 6) is -0.400. The number of esters is 1. The van der Waals surface area contributed by atoms with Gasteiger partial charge in [-0.2, -0.15) is 0 Å². The van der Waals surface area contributed by atoms with E-state index in [1.54, 1.807) is 24.3 Å². The van der Waals surface area contributed by atoms with Gasteiger partial charge in [-0.05, 0) is 36.4 Å². The average molecular weight is 404 g/mol. The van der Waals surface area contributed by atoms with Gasteiger partial charge in [0.15, 0.2) is 6.54 Å². The first-order valence-electron chi connectivity index (χ1n) is 9.43. The van der Waals surface area contributed by atoms with Crippen molar-refractivity contribution in [1.29, 1.82) is 0 Å². The number of benzene rings is 2. The summed E-state index contributed by atoms with van der Waals surface area (Å²) in [6.45, 7) is 5.46. The van der Waals surface area contributed by atoms with E-state index in [0.717, 1.165) is 37.7 Å². The van der Waals surface area contributed by atoms with Crippen LogP contribution in [0.3, 0.4) is 0 Å². The van der Waals surface area contributed by atoms with Crippen molar-refractivity contribution < 1.29 is 24.1 Å². The van der Waals surface area contributed by atoms with Gasteiger partial charge < -0.3 is 19.9 Å². The van der Waals surface area contributed by atoms with Crippen LogP contribution in [0.1, 0.15) is 15.9 Å². The Morgan fingerprint density at radius 3 is 2.18 bits per heavy atom. The minimum atomic E-state index is -0.388. The zero-order chi connectivity index (χ0) is 19.9. The summed E-state index contributed by atoms with van der Waals surface area (Å²) >= 11 is 5.94. The zero-order valence-electron chi connectivity index (χ0n) is 16.0. The van der Waals surface area contributed by atoms with E-state index in [1.165, 1.54) is 22.5 Å². The summed E-state index contributed by atoms with van der Waals surface area (Å²) in [6.07, 6.45) is 0. The van der Waals surface area contributed by atoms with E-state index in [2.05, 4.69) is 22.2 Å². The number of piperazine rings is 1. The Morgan fingerprint density at radius 2 is 1.57 bits per heavy atom. The Bertz CT molecular complexity index is 801. The number of nitrogens with one attached hydrogen (secondary N) is 3. The number of carbonyl (C=O) groups excluding carboxylic acids is 2. The molecule has 0 aromatic heterocycles. The van der Waals surface area contributed by atoms with E-state index >= 15 is 0 Å². The van der Waals surface area contributed by atoms with E-state index in [-0.39, 0.29) is 11.9 Å². The summed E-state index contributed by atoms with van der Waals surface area (Å²) in [6, 6.07) is 14.7. The second-order valence-electron chi connectivity index (χ2n) is 7.10. The zero-order valence-corrected chi connectivity index (χ0v) is 16.7. The predicted octanol–water partition coefficient (Wildman–Crippen LogP) is 0.0487. The van der Waals surface area contributed by atoms with Gasteiger partial charge in [0.25, 0.3) is 5.91 Å². The topological polar surface area (TPSA) is 64.3 Å². The first-order chi connectivity index (χ1) is 13.5. The molecule has 1 aliphatic heterocycles. The van der Waals surface area contributed by atoms with Crippen molar-refractivity contribution in [2.75, 3.05) is 45.2 Å². The van der Waals surface area contributed by atoms with Crippen LogP contribution < -0.4 is 15.1 Å². The molecule has 3 N–H and O–H groups in total. The summed E-state index contributed by atoms with van der Waals surface area (Å²) in [7, 11) is 1.34. The second kappa shape index (κ2) is 9.68. The van der Waals surface area contributed by atoms with Gasteiger partial charge in [-0.1, -0.05) is 23.7 Å². The fraction of sp³-hybridized carbons (Fsp3) is 0.333. The third-order valence-electron chi connectivity index (χ3n) is 5.03. The fourth-order valence-electron chi connectivity index (χ4n) is 3.44. The van der Waals surface area contributed by atoms with Crippen molar-refractivity contribution in [3.63, 3.8) is 0 Å². The van der Waals surface area contributed by atoms with Gasteiger partial charge >= 0.3 is 5.97 Å². The summed E-state index contributed by atoms with van der Waals surface area (Å²) in [5.41, 5.74) is 2.44. The van der Waals surface area contributed by atoms with Gasteiger partial charge in [0.1, 0.15) is 32.7 Å². The molecule has 3 rings (SSSR count). The fourth-order valence-corrected chi connectivity index (χ4v) is 3.57. The monoisotopic (exact) mass is 403 g/mol. The van der Waals surface area contributed by atoms with E-state index in [9.17, 15) is 9.59 Å². The van der Waals surface area contributed by atoms with Gasteiger partial charge in [-0.3, -0.25) is 4.79 Å². The third-order valence-corrected chi connectivity index (χ3v) is 5.28. The average Bonchev–Trinajstić information content (AvgIpc) is 2.71. The van der Waals surface area contributed by atoms with Crippen molar-refractivity contribution in [1.82, 2.24) is 0 Å². The van der Waals surface area contributed by atoms with Crippen LogP contribution in [0.15, 0.2) is 48.5 Å². The molecule has 0 bridgehead atoms. The molecule has 0 saturated carbocycles. The molecule has 1 saturated heterocycles. The van der Waals surface area contributed by atoms with Crippen molar-refractivity contribution >= 4 is 29.2 Å². The quantitative estimate of drug-likeness (QED) is 0.597. The van der Waals surface area contributed by atoms with Crippen LogP contribution in [0.5, 0.6) is 0 Å². The maximum Gasteiger partial charge on any atom is 0.337 e. The molecule has 6 nitrogen and oxygen atoms in total. The summed E-state index contributed by atoms with van der Waals surface area (Å²) < 4.78 is 4.67. The molecular weight excluding hydrogens is 378 g/mol. The molecule has 2 aromatic carbocycles. The van der Waals surface area contributed by atoms with Gasteiger partial charge in [0.2, 0.25) is 0 Å². The minimum Gasteiger partial charge on any atom is -0.465 e. The van der Waals surface area contributed by atoms with Crippen molar-refractivity contribution in [3.8, 4) is 0 Å².